The quantitative estimate of drug-likeness (QED) is 0.856. The summed E-state index contributed by atoms with van der Waals surface area (Å²) in [6.45, 7) is 2.48. The van der Waals surface area contributed by atoms with Crippen LogP contribution in [0.15, 0.2) is 36.4 Å². The summed E-state index contributed by atoms with van der Waals surface area (Å²) in [6.07, 6.45) is 0. The van der Waals surface area contributed by atoms with Crippen LogP contribution in [0.2, 0.25) is 0 Å². The van der Waals surface area contributed by atoms with Gasteiger partial charge >= 0.3 is 5.97 Å². The lowest BCUT2D eigenvalue weighted by Crippen LogP contribution is -2.06. The second-order valence-corrected chi connectivity index (χ2v) is 4.25. The van der Waals surface area contributed by atoms with Gasteiger partial charge in [-0.15, -0.1) is 0 Å². The van der Waals surface area contributed by atoms with Crippen LogP contribution in [0.1, 0.15) is 23.1 Å². The summed E-state index contributed by atoms with van der Waals surface area (Å²) >= 11 is 0. The van der Waals surface area contributed by atoms with E-state index in [9.17, 15) is 9.18 Å². The van der Waals surface area contributed by atoms with E-state index in [1.54, 1.807) is 31.2 Å². The summed E-state index contributed by atoms with van der Waals surface area (Å²) in [5.41, 5.74) is 1.11. The lowest BCUT2D eigenvalue weighted by atomic mass is 10.2. The minimum absolute atomic E-state index is 0.0211. The van der Waals surface area contributed by atoms with Crippen LogP contribution in [0.25, 0.3) is 0 Å². The second-order valence-electron chi connectivity index (χ2n) is 4.25. The van der Waals surface area contributed by atoms with E-state index in [1.165, 1.54) is 12.1 Å². The van der Waals surface area contributed by atoms with Crippen LogP contribution in [0.4, 0.5) is 10.1 Å². The highest BCUT2D eigenvalue weighted by molar-refractivity contribution is 5.85. The SMILES string of the molecule is CCOc1ccc(NCc2cccc(C(=O)O)n2)cc1F. The fourth-order valence-electron chi connectivity index (χ4n) is 1.77. The zero-order valence-electron chi connectivity index (χ0n) is 11.5. The molecule has 0 bridgehead atoms. The third kappa shape index (κ3) is 3.92. The largest absolute Gasteiger partial charge is 0.491 e. The van der Waals surface area contributed by atoms with E-state index in [1.807, 2.05) is 0 Å². The van der Waals surface area contributed by atoms with Crippen molar-refractivity contribution in [2.24, 2.45) is 0 Å². The van der Waals surface area contributed by atoms with Crippen molar-refractivity contribution in [2.45, 2.75) is 13.5 Å². The molecule has 21 heavy (non-hydrogen) atoms. The van der Waals surface area contributed by atoms with Gasteiger partial charge in [-0.05, 0) is 31.2 Å². The monoisotopic (exact) mass is 290 g/mol. The van der Waals surface area contributed by atoms with E-state index in [4.69, 9.17) is 9.84 Å². The Hall–Kier alpha value is -2.63. The van der Waals surface area contributed by atoms with Crippen molar-refractivity contribution >= 4 is 11.7 Å². The van der Waals surface area contributed by atoms with Gasteiger partial charge in [0, 0.05) is 11.8 Å². The number of aromatic carboxylic acids is 1. The van der Waals surface area contributed by atoms with E-state index < -0.39 is 11.8 Å². The minimum atomic E-state index is -1.08. The molecule has 2 N–H and O–H groups in total. The topological polar surface area (TPSA) is 71.5 Å². The molecule has 0 atom stereocenters. The van der Waals surface area contributed by atoms with Crippen molar-refractivity contribution < 1.29 is 19.0 Å². The summed E-state index contributed by atoms with van der Waals surface area (Å²) in [4.78, 5) is 14.8. The normalized spacial score (nSPS) is 10.2. The number of ether oxygens (including phenoxy) is 1. The van der Waals surface area contributed by atoms with Crippen LogP contribution in [0.5, 0.6) is 5.75 Å². The molecule has 0 amide bonds. The maximum absolute atomic E-state index is 13.7. The predicted octanol–water partition coefficient (Wildman–Crippen LogP) is 2.93. The molecule has 1 aromatic carbocycles. The molecule has 2 aromatic rings. The number of pyridine rings is 1. The molecule has 0 aliphatic carbocycles. The van der Waals surface area contributed by atoms with Gasteiger partial charge in [-0.2, -0.15) is 0 Å². The zero-order chi connectivity index (χ0) is 15.2. The van der Waals surface area contributed by atoms with Gasteiger partial charge in [-0.25, -0.2) is 14.2 Å². The number of nitrogens with one attached hydrogen (secondary N) is 1. The smallest absolute Gasteiger partial charge is 0.354 e. The highest BCUT2D eigenvalue weighted by Gasteiger charge is 2.06. The Balaban J connectivity index is 2.04. The molecule has 5 nitrogen and oxygen atoms in total. The number of nitrogens with zero attached hydrogens (tertiary/aromatic N) is 1. The van der Waals surface area contributed by atoms with E-state index in [0.29, 0.717) is 24.5 Å². The molecule has 1 aromatic heterocycles. The Labute approximate surface area is 121 Å². The van der Waals surface area contributed by atoms with E-state index >= 15 is 0 Å². The summed E-state index contributed by atoms with van der Waals surface area (Å²) in [5.74, 6) is -1.33. The standard InChI is InChI=1S/C15H15FN2O3/c1-2-21-14-7-6-10(8-12(14)16)17-9-11-4-3-5-13(18-11)15(19)20/h3-8,17H,2,9H2,1H3,(H,19,20). The number of carbonyl (C=O) groups is 1. The molecule has 0 saturated heterocycles. The lowest BCUT2D eigenvalue weighted by molar-refractivity contribution is 0.0690. The van der Waals surface area contributed by atoms with Gasteiger partial charge in [0.1, 0.15) is 5.69 Å². The van der Waals surface area contributed by atoms with Gasteiger partial charge in [0.05, 0.1) is 18.8 Å². The van der Waals surface area contributed by atoms with Crippen LogP contribution in [0.3, 0.4) is 0 Å². The fraction of sp³-hybridized carbons (Fsp3) is 0.200. The Morgan fingerprint density at radius 3 is 2.86 bits per heavy atom. The number of aromatic nitrogens is 1. The van der Waals surface area contributed by atoms with Gasteiger partial charge in [0.25, 0.3) is 0 Å². The van der Waals surface area contributed by atoms with Crippen molar-refractivity contribution in [3.8, 4) is 5.75 Å². The molecular formula is C15H15FN2O3. The van der Waals surface area contributed by atoms with E-state index in [-0.39, 0.29) is 11.4 Å². The molecule has 2 rings (SSSR count). The first-order valence-electron chi connectivity index (χ1n) is 6.45. The van der Waals surface area contributed by atoms with Gasteiger partial charge in [-0.1, -0.05) is 6.07 Å². The number of hydrogen-bond donors (Lipinski definition) is 2. The molecule has 0 aliphatic heterocycles. The Morgan fingerprint density at radius 1 is 1.38 bits per heavy atom. The zero-order valence-corrected chi connectivity index (χ0v) is 11.5. The number of carboxylic acids is 1. The molecule has 0 fully saturated rings. The van der Waals surface area contributed by atoms with E-state index in [0.717, 1.165) is 0 Å². The van der Waals surface area contributed by atoms with Crippen molar-refractivity contribution in [3.05, 3.63) is 53.6 Å². The third-order valence-electron chi connectivity index (χ3n) is 2.73. The number of carboxylic acid groups (broad SMARTS) is 1. The number of anilines is 1. The molecule has 110 valence electrons. The van der Waals surface area contributed by atoms with Crippen molar-refractivity contribution in [2.75, 3.05) is 11.9 Å². The molecule has 0 spiro atoms. The van der Waals surface area contributed by atoms with Crippen LogP contribution in [-0.2, 0) is 6.54 Å². The number of halogens is 1. The van der Waals surface area contributed by atoms with Crippen LogP contribution < -0.4 is 10.1 Å². The fourth-order valence-corrected chi connectivity index (χ4v) is 1.77. The van der Waals surface area contributed by atoms with Gasteiger partial charge in [0.2, 0.25) is 0 Å². The Bertz CT molecular complexity index is 647. The first-order chi connectivity index (χ1) is 10.1. The molecule has 0 saturated carbocycles. The van der Waals surface area contributed by atoms with Gasteiger partial charge < -0.3 is 15.2 Å². The Kier molecular flexibility index (Phi) is 4.71. The number of hydrogen-bond acceptors (Lipinski definition) is 4. The second kappa shape index (κ2) is 6.69. The van der Waals surface area contributed by atoms with E-state index in [2.05, 4.69) is 10.3 Å². The number of rotatable bonds is 6. The first kappa shape index (κ1) is 14.8. The van der Waals surface area contributed by atoms with Crippen molar-refractivity contribution in [1.29, 1.82) is 0 Å². The minimum Gasteiger partial charge on any atom is -0.491 e. The van der Waals surface area contributed by atoms with Gasteiger partial charge in [0.15, 0.2) is 11.6 Å². The third-order valence-corrected chi connectivity index (χ3v) is 2.73. The highest BCUT2D eigenvalue weighted by Crippen LogP contribution is 2.21. The summed E-state index contributed by atoms with van der Waals surface area (Å²) in [7, 11) is 0. The van der Waals surface area contributed by atoms with Crippen LogP contribution in [-0.4, -0.2) is 22.7 Å². The van der Waals surface area contributed by atoms with Crippen LogP contribution >= 0.6 is 0 Å². The molecule has 0 aliphatic rings. The lowest BCUT2D eigenvalue weighted by Gasteiger charge is -2.09. The first-order valence-corrected chi connectivity index (χ1v) is 6.45. The summed E-state index contributed by atoms with van der Waals surface area (Å²) in [6, 6.07) is 9.29. The maximum Gasteiger partial charge on any atom is 0.354 e. The average molecular weight is 290 g/mol. The van der Waals surface area contributed by atoms with Gasteiger partial charge in [-0.3, -0.25) is 0 Å². The molecule has 6 heteroatoms. The molecule has 0 radical (unpaired) electrons. The summed E-state index contributed by atoms with van der Waals surface area (Å²) < 4.78 is 18.8. The predicted molar refractivity (Wildman–Crippen MR) is 76.1 cm³/mol. The van der Waals surface area contributed by atoms with Crippen molar-refractivity contribution in [1.82, 2.24) is 4.98 Å². The molecule has 0 unspecified atom stereocenters. The maximum atomic E-state index is 13.7. The number of benzene rings is 1. The average Bonchev–Trinajstić information content (AvgIpc) is 2.48. The van der Waals surface area contributed by atoms with Crippen LogP contribution in [0, 0.1) is 5.82 Å². The summed E-state index contributed by atoms with van der Waals surface area (Å²) in [5, 5.41) is 11.9. The Morgan fingerprint density at radius 2 is 2.19 bits per heavy atom. The molecule has 1 heterocycles. The van der Waals surface area contributed by atoms with Crippen molar-refractivity contribution in [3.63, 3.8) is 0 Å². The molecular weight excluding hydrogens is 275 g/mol. The highest BCUT2D eigenvalue weighted by atomic mass is 19.1.